The van der Waals surface area contributed by atoms with E-state index in [1.807, 2.05) is 68.9 Å². The minimum Gasteiger partial charge on any atom is -0.357 e. The van der Waals surface area contributed by atoms with Crippen LogP contribution in [-0.4, -0.2) is 47.8 Å². The van der Waals surface area contributed by atoms with Gasteiger partial charge in [-0.3, -0.25) is 14.5 Å². The van der Waals surface area contributed by atoms with Crippen LogP contribution in [0.5, 0.6) is 0 Å². The molecule has 1 unspecified atom stereocenters. The summed E-state index contributed by atoms with van der Waals surface area (Å²) in [5.41, 5.74) is 0.684. The van der Waals surface area contributed by atoms with Crippen molar-refractivity contribution >= 4 is 23.5 Å². The van der Waals surface area contributed by atoms with Gasteiger partial charge in [0.25, 0.3) is 0 Å². The first-order valence-corrected chi connectivity index (χ1v) is 10.2. The maximum Gasteiger partial charge on any atom is 0.225 e. The SMILES string of the molecule is CCNC(=NCC(c1ccc(Cl)cc1)n1cccn1)NCCNC(=O)C(C)(C)C. The predicted octanol–water partition coefficient (Wildman–Crippen LogP) is 2.84. The van der Waals surface area contributed by atoms with Crippen molar-refractivity contribution in [1.82, 2.24) is 25.7 Å². The van der Waals surface area contributed by atoms with E-state index in [9.17, 15) is 4.79 Å². The Kier molecular flexibility index (Phi) is 8.51. The van der Waals surface area contributed by atoms with Crippen molar-refractivity contribution in [2.24, 2.45) is 10.4 Å². The van der Waals surface area contributed by atoms with Gasteiger partial charge in [-0.15, -0.1) is 0 Å². The van der Waals surface area contributed by atoms with Crippen molar-refractivity contribution in [2.45, 2.75) is 33.7 Å². The first-order valence-electron chi connectivity index (χ1n) is 9.86. The number of aliphatic imine (C=N–C) groups is 1. The predicted molar refractivity (Wildman–Crippen MR) is 118 cm³/mol. The number of nitrogens with zero attached hydrogens (tertiary/aromatic N) is 3. The van der Waals surface area contributed by atoms with Crippen LogP contribution in [0.1, 0.15) is 39.3 Å². The summed E-state index contributed by atoms with van der Waals surface area (Å²) in [4.78, 5) is 16.7. The zero-order valence-electron chi connectivity index (χ0n) is 17.6. The highest BCUT2D eigenvalue weighted by atomic mass is 35.5. The minimum atomic E-state index is -0.395. The molecule has 0 aliphatic carbocycles. The smallest absolute Gasteiger partial charge is 0.225 e. The summed E-state index contributed by atoms with van der Waals surface area (Å²) in [6, 6.07) is 9.59. The quantitative estimate of drug-likeness (QED) is 0.349. The van der Waals surface area contributed by atoms with E-state index in [0.717, 1.165) is 12.1 Å². The number of guanidine groups is 1. The zero-order valence-corrected chi connectivity index (χ0v) is 18.3. The average Bonchev–Trinajstić information content (AvgIpc) is 3.20. The Hall–Kier alpha value is -2.54. The van der Waals surface area contributed by atoms with Crippen molar-refractivity contribution in [3.05, 3.63) is 53.3 Å². The number of hydrogen-bond acceptors (Lipinski definition) is 3. The second kappa shape index (κ2) is 10.9. The summed E-state index contributed by atoms with van der Waals surface area (Å²) in [5, 5.41) is 14.5. The van der Waals surface area contributed by atoms with Crippen molar-refractivity contribution < 1.29 is 4.79 Å². The largest absolute Gasteiger partial charge is 0.357 e. The molecule has 0 fully saturated rings. The van der Waals surface area contributed by atoms with Gasteiger partial charge in [-0.2, -0.15) is 5.10 Å². The number of nitrogens with one attached hydrogen (secondary N) is 3. The summed E-state index contributed by atoms with van der Waals surface area (Å²) in [7, 11) is 0. The van der Waals surface area contributed by atoms with Crippen LogP contribution in [0.25, 0.3) is 0 Å². The maximum absolute atomic E-state index is 12.0. The number of benzene rings is 1. The fraction of sp³-hybridized carbons (Fsp3) is 0.476. The van der Waals surface area contributed by atoms with Gasteiger partial charge in [0.15, 0.2) is 5.96 Å². The molecule has 158 valence electrons. The van der Waals surface area contributed by atoms with E-state index in [-0.39, 0.29) is 11.9 Å². The van der Waals surface area contributed by atoms with Crippen LogP contribution < -0.4 is 16.0 Å². The van der Waals surface area contributed by atoms with Crippen molar-refractivity contribution in [3.8, 4) is 0 Å². The molecule has 0 aliphatic rings. The van der Waals surface area contributed by atoms with E-state index in [1.165, 1.54) is 0 Å². The van der Waals surface area contributed by atoms with Gasteiger partial charge in [0, 0.05) is 42.5 Å². The third-order valence-corrected chi connectivity index (χ3v) is 4.50. The van der Waals surface area contributed by atoms with Crippen LogP contribution in [-0.2, 0) is 4.79 Å². The molecule has 2 aromatic rings. The summed E-state index contributed by atoms with van der Waals surface area (Å²) < 4.78 is 1.89. The van der Waals surface area contributed by atoms with Gasteiger partial charge < -0.3 is 16.0 Å². The lowest BCUT2D eigenvalue weighted by Crippen LogP contribution is -2.43. The molecule has 8 heteroatoms. The van der Waals surface area contributed by atoms with Gasteiger partial charge in [0.05, 0.1) is 12.6 Å². The Labute approximate surface area is 177 Å². The fourth-order valence-electron chi connectivity index (χ4n) is 2.63. The van der Waals surface area contributed by atoms with Crippen LogP contribution in [0.2, 0.25) is 5.02 Å². The fourth-order valence-corrected chi connectivity index (χ4v) is 2.76. The van der Waals surface area contributed by atoms with E-state index in [0.29, 0.717) is 30.6 Å². The molecular weight excluding hydrogens is 388 g/mol. The molecule has 0 aliphatic heterocycles. The van der Waals surface area contributed by atoms with E-state index in [1.54, 1.807) is 6.20 Å². The van der Waals surface area contributed by atoms with E-state index < -0.39 is 5.41 Å². The topological polar surface area (TPSA) is 83.3 Å². The first kappa shape index (κ1) is 22.7. The van der Waals surface area contributed by atoms with Gasteiger partial charge in [-0.25, -0.2) is 0 Å². The second-order valence-electron chi connectivity index (χ2n) is 7.71. The maximum atomic E-state index is 12.0. The van der Waals surface area contributed by atoms with Crippen molar-refractivity contribution in [3.63, 3.8) is 0 Å². The van der Waals surface area contributed by atoms with Crippen molar-refractivity contribution in [1.29, 1.82) is 0 Å². The van der Waals surface area contributed by atoms with Gasteiger partial charge >= 0.3 is 0 Å². The number of aromatic nitrogens is 2. The van der Waals surface area contributed by atoms with Crippen LogP contribution >= 0.6 is 11.6 Å². The lowest BCUT2D eigenvalue weighted by atomic mass is 9.96. The molecule has 0 spiro atoms. The van der Waals surface area contributed by atoms with Crippen LogP contribution in [0, 0.1) is 5.41 Å². The Morgan fingerprint density at radius 3 is 2.45 bits per heavy atom. The van der Waals surface area contributed by atoms with Crippen LogP contribution in [0.3, 0.4) is 0 Å². The monoisotopic (exact) mass is 418 g/mol. The third-order valence-electron chi connectivity index (χ3n) is 4.25. The zero-order chi connectivity index (χ0) is 21.3. The molecule has 1 atom stereocenters. The van der Waals surface area contributed by atoms with Crippen molar-refractivity contribution in [2.75, 3.05) is 26.2 Å². The second-order valence-corrected chi connectivity index (χ2v) is 8.14. The summed E-state index contributed by atoms with van der Waals surface area (Å²) in [6.07, 6.45) is 3.69. The third kappa shape index (κ3) is 7.42. The number of amides is 1. The Morgan fingerprint density at radius 1 is 1.17 bits per heavy atom. The lowest BCUT2D eigenvalue weighted by Gasteiger charge is -2.19. The number of carbonyl (C=O) groups is 1. The Morgan fingerprint density at radius 2 is 1.86 bits per heavy atom. The first-order chi connectivity index (χ1) is 13.8. The van der Waals surface area contributed by atoms with Gasteiger partial charge in [0.2, 0.25) is 5.91 Å². The van der Waals surface area contributed by atoms with Crippen LogP contribution in [0.15, 0.2) is 47.7 Å². The Bertz CT molecular complexity index is 781. The highest BCUT2D eigenvalue weighted by molar-refractivity contribution is 6.30. The van der Waals surface area contributed by atoms with E-state index in [2.05, 4.69) is 21.0 Å². The minimum absolute atomic E-state index is 0.0303. The lowest BCUT2D eigenvalue weighted by molar-refractivity contribution is -0.128. The molecule has 0 bridgehead atoms. The molecule has 2 rings (SSSR count). The highest BCUT2D eigenvalue weighted by Crippen LogP contribution is 2.20. The van der Waals surface area contributed by atoms with E-state index >= 15 is 0 Å². The molecule has 0 saturated carbocycles. The molecule has 0 saturated heterocycles. The molecule has 7 nitrogen and oxygen atoms in total. The summed E-state index contributed by atoms with van der Waals surface area (Å²) >= 11 is 6.03. The number of carbonyl (C=O) groups excluding carboxylic acids is 1. The normalized spacial score (nSPS) is 13.1. The molecular formula is C21H31ClN6O. The molecule has 29 heavy (non-hydrogen) atoms. The molecule has 3 N–H and O–H groups in total. The van der Waals surface area contributed by atoms with Crippen LogP contribution in [0.4, 0.5) is 0 Å². The molecule has 0 radical (unpaired) electrons. The average molecular weight is 419 g/mol. The number of rotatable bonds is 8. The number of hydrogen-bond donors (Lipinski definition) is 3. The molecule has 1 aromatic carbocycles. The standard InChI is InChI=1S/C21H31ClN6O/c1-5-23-20(25-13-12-24-19(29)21(2,3)4)26-15-18(28-14-6-11-27-28)16-7-9-17(22)10-8-16/h6-11,14,18H,5,12-13,15H2,1-4H3,(H,24,29)(H2,23,25,26). The number of halogens is 1. The highest BCUT2D eigenvalue weighted by Gasteiger charge is 2.20. The van der Waals surface area contributed by atoms with Gasteiger partial charge in [-0.1, -0.05) is 44.5 Å². The molecule has 1 amide bonds. The molecule has 1 aromatic heterocycles. The molecule has 1 heterocycles. The Balaban J connectivity index is 2.01. The van der Waals surface area contributed by atoms with Gasteiger partial charge in [-0.05, 0) is 30.7 Å². The van der Waals surface area contributed by atoms with Gasteiger partial charge in [0.1, 0.15) is 0 Å². The van der Waals surface area contributed by atoms with E-state index in [4.69, 9.17) is 16.6 Å². The summed E-state index contributed by atoms with van der Waals surface area (Å²) in [5.74, 6) is 0.728. The summed E-state index contributed by atoms with van der Waals surface area (Å²) in [6.45, 7) is 10.1.